The largest absolute Gasteiger partial charge is 0.461 e. The molecule has 2 aliphatic carbocycles. The van der Waals surface area contributed by atoms with Gasteiger partial charge in [-0.05, 0) is 43.2 Å². The zero-order valence-electron chi connectivity index (χ0n) is 13.8. The van der Waals surface area contributed by atoms with Crippen molar-refractivity contribution in [3.63, 3.8) is 0 Å². The molecule has 0 unspecified atom stereocenters. The van der Waals surface area contributed by atoms with E-state index in [2.05, 4.69) is 19.2 Å². The van der Waals surface area contributed by atoms with Crippen LogP contribution >= 0.6 is 0 Å². The van der Waals surface area contributed by atoms with Gasteiger partial charge in [-0.1, -0.05) is 26.7 Å². The number of hydrogen-bond donors (Lipinski definition) is 1. The van der Waals surface area contributed by atoms with Crippen LogP contribution in [0, 0.1) is 23.2 Å². The average Bonchev–Trinajstić information content (AvgIpc) is 3.09. The first kappa shape index (κ1) is 15.9. The van der Waals surface area contributed by atoms with Crippen LogP contribution in [0.1, 0.15) is 63.4 Å². The number of nitriles is 1. The number of nitrogens with zero attached hydrogens (tertiary/aromatic N) is 1. The second kappa shape index (κ2) is 6.62. The average molecular weight is 312 g/mol. The molecular formula is C19H24N2O2. The van der Waals surface area contributed by atoms with E-state index in [9.17, 15) is 10.1 Å². The molecule has 0 bridgehead atoms. The Morgan fingerprint density at radius 3 is 2.70 bits per heavy atom. The predicted octanol–water partition coefficient (Wildman–Crippen LogP) is 4.00. The molecule has 2 saturated carbocycles. The summed E-state index contributed by atoms with van der Waals surface area (Å²) in [4.78, 5) is 12.4. The maximum Gasteiger partial charge on any atom is 0.262 e. The number of furan rings is 1. The highest BCUT2D eigenvalue weighted by molar-refractivity contribution is 6.01. The molecule has 2 fully saturated rings. The predicted molar refractivity (Wildman–Crippen MR) is 88.4 cm³/mol. The van der Waals surface area contributed by atoms with Gasteiger partial charge in [-0.25, -0.2) is 0 Å². The summed E-state index contributed by atoms with van der Waals surface area (Å²) in [5.41, 5.74) is 0.118. The molecule has 1 heterocycles. The topological polar surface area (TPSA) is 66.0 Å². The highest BCUT2D eigenvalue weighted by Crippen LogP contribution is 2.47. The van der Waals surface area contributed by atoms with E-state index in [1.54, 1.807) is 6.08 Å². The van der Waals surface area contributed by atoms with Gasteiger partial charge in [-0.15, -0.1) is 0 Å². The van der Waals surface area contributed by atoms with Gasteiger partial charge in [0.25, 0.3) is 5.91 Å². The minimum Gasteiger partial charge on any atom is -0.461 e. The molecule has 4 heteroatoms. The maximum atomic E-state index is 12.4. The Kier molecular flexibility index (Phi) is 4.56. The molecule has 1 aromatic heterocycles. The van der Waals surface area contributed by atoms with Crippen LogP contribution < -0.4 is 5.32 Å². The first-order valence-electron chi connectivity index (χ1n) is 8.61. The highest BCUT2D eigenvalue weighted by Gasteiger charge is 2.36. The highest BCUT2D eigenvalue weighted by atomic mass is 16.3. The molecule has 2 aliphatic rings. The summed E-state index contributed by atoms with van der Waals surface area (Å²) in [5, 5.41) is 12.3. The summed E-state index contributed by atoms with van der Waals surface area (Å²) >= 11 is 0. The van der Waals surface area contributed by atoms with Gasteiger partial charge >= 0.3 is 0 Å². The Labute approximate surface area is 137 Å². The van der Waals surface area contributed by atoms with Gasteiger partial charge in [0.15, 0.2) is 0 Å². The Morgan fingerprint density at radius 1 is 1.30 bits per heavy atom. The molecule has 1 aromatic rings. The third kappa shape index (κ3) is 3.67. The lowest BCUT2D eigenvalue weighted by atomic mass is 9.86. The van der Waals surface area contributed by atoms with Gasteiger partial charge in [0.05, 0.1) is 0 Å². The quantitative estimate of drug-likeness (QED) is 0.675. The van der Waals surface area contributed by atoms with Crippen LogP contribution in [0.25, 0.3) is 6.08 Å². The number of nitrogens with one attached hydrogen (secondary N) is 1. The molecular weight excluding hydrogens is 288 g/mol. The van der Waals surface area contributed by atoms with Crippen molar-refractivity contribution < 1.29 is 9.21 Å². The van der Waals surface area contributed by atoms with Crippen molar-refractivity contribution in [2.75, 3.05) is 0 Å². The second-order valence-corrected chi connectivity index (χ2v) is 7.07. The summed E-state index contributed by atoms with van der Waals surface area (Å²) in [7, 11) is 0. The van der Waals surface area contributed by atoms with Crippen LogP contribution in [0.5, 0.6) is 0 Å². The molecule has 1 N–H and O–H groups in total. The van der Waals surface area contributed by atoms with Crippen LogP contribution in [0.4, 0.5) is 0 Å². The fourth-order valence-electron chi connectivity index (χ4n) is 3.43. The van der Waals surface area contributed by atoms with Gasteiger partial charge in [-0.2, -0.15) is 5.26 Å². The Morgan fingerprint density at radius 2 is 2.04 bits per heavy atom. The van der Waals surface area contributed by atoms with Gasteiger partial charge in [0, 0.05) is 18.0 Å². The van der Waals surface area contributed by atoms with Crippen LogP contribution in [0.3, 0.4) is 0 Å². The van der Waals surface area contributed by atoms with Crippen LogP contribution in [0.2, 0.25) is 0 Å². The fourth-order valence-corrected chi connectivity index (χ4v) is 3.43. The molecule has 1 amide bonds. The Balaban J connectivity index is 1.67. The molecule has 4 atom stereocenters. The first-order chi connectivity index (χ1) is 11.1. The lowest BCUT2D eigenvalue weighted by Gasteiger charge is -2.29. The monoisotopic (exact) mass is 312 g/mol. The van der Waals surface area contributed by atoms with E-state index >= 15 is 0 Å². The van der Waals surface area contributed by atoms with Crippen molar-refractivity contribution in [1.29, 1.82) is 5.26 Å². The molecule has 4 nitrogen and oxygen atoms in total. The van der Waals surface area contributed by atoms with Crippen molar-refractivity contribution in [2.24, 2.45) is 11.8 Å². The van der Waals surface area contributed by atoms with Gasteiger partial charge in [0.2, 0.25) is 0 Å². The summed E-state index contributed by atoms with van der Waals surface area (Å²) in [6, 6.07) is 5.98. The van der Waals surface area contributed by atoms with E-state index < -0.39 is 0 Å². The number of rotatable bonds is 4. The SMILES string of the molecule is C[C@H]1CCCC[C@@H]1NC(=O)/C(C#N)=C/c1ccc([C@@H]2C[C@@H]2C)o1. The van der Waals surface area contributed by atoms with Crippen molar-refractivity contribution >= 4 is 12.0 Å². The van der Waals surface area contributed by atoms with E-state index in [0.717, 1.165) is 31.4 Å². The number of hydrogen-bond acceptors (Lipinski definition) is 3. The van der Waals surface area contributed by atoms with Crippen LogP contribution in [0.15, 0.2) is 22.1 Å². The van der Waals surface area contributed by atoms with E-state index in [0.29, 0.717) is 23.5 Å². The Bertz CT molecular complexity index is 653. The van der Waals surface area contributed by atoms with Crippen molar-refractivity contribution in [3.05, 3.63) is 29.2 Å². The van der Waals surface area contributed by atoms with Crippen LogP contribution in [-0.2, 0) is 4.79 Å². The van der Waals surface area contributed by atoms with Gasteiger partial charge < -0.3 is 9.73 Å². The molecule has 0 aliphatic heterocycles. The smallest absolute Gasteiger partial charge is 0.262 e. The summed E-state index contributed by atoms with van der Waals surface area (Å²) in [6.45, 7) is 4.36. The van der Waals surface area contributed by atoms with Crippen molar-refractivity contribution in [1.82, 2.24) is 5.32 Å². The zero-order valence-corrected chi connectivity index (χ0v) is 13.8. The summed E-state index contributed by atoms with van der Waals surface area (Å²) < 4.78 is 5.76. The number of carbonyl (C=O) groups is 1. The molecule has 0 saturated heterocycles. The lowest BCUT2D eigenvalue weighted by Crippen LogP contribution is -2.41. The molecule has 0 radical (unpaired) electrons. The van der Waals surface area contributed by atoms with Crippen LogP contribution in [-0.4, -0.2) is 11.9 Å². The minimum absolute atomic E-state index is 0.118. The number of amides is 1. The Hall–Kier alpha value is -2.02. The lowest BCUT2D eigenvalue weighted by molar-refractivity contribution is -0.118. The second-order valence-electron chi connectivity index (χ2n) is 7.07. The maximum absolute atomic E-state index is 12.4. The van der Waals surface area contributed by atoms with E-state index in [1.807, 2.05) is 18.2 Å². The third-order valence-electron chi connectivity index (χ3n) is 5.20. The van der Waals surface area contributed by atoms with E-state index in [4.69, 9.17) is 4.42 Å². The first-order valence-corrected chi connectivity index (χ1v) is 8.61. The standard InChI is InChI=1S/C19H24N2O2/c1-12-5-3-4-6-17(12)21-19(22)14(11-20)10-15-7-8-18(23-15)16-9-13(16)2/h7-8,10,12-13,16-17H,3-6,9H2,1-2H3,(H,21,22)/b14-10+/t12-,13-,16+,17-/m0/s1. The van der Waals surface area contributed by atoms with Gasteiger partial charge in [0.1, 0.15) is 23.2 Å². The molecule has 122 valence electrons. The van der Waals surface area contributed by atoms with E-state index in [-0.39, 0.29) is 17.5 Å². The number of carbonyl (C=O) groups excluding carboxylic acids is 1. The fraction of sp³-hybridized carbons (Fsp3) is 0.579. The zero-order chi connectivity index (χ0) is 16.4. The molecule has 23 heavy (non-hydrogen) atoms. The minimum atomic E-state index is -0.288. The molecule has 0 spiro atoms. The molecule has 3 rings (SSSR count). The van der Waals surface area contributed by atoms with E-state index in [1.165, 1.54) is 6.42 Å². The molecule has 0 aromatic carbocycles. The van der Waals surface area contributed by atoms with Crippen molar-refractivity contribution in [2.45, 2.75) is 57.9 Å². The summed E-state index contributed by atoms with van der Waals surface area (Å²) in [6.07, 6.45) is 7.21. The van der Waals surface area contributed by atoms with Crippen molar-refractivity contribution in [3.8, 4) is 6.07 Å². The van der Waals surface area contributed by atoms with Gasteiger partial charge in [-0.3, -0.25) is 4.79 Å². The normalized spacial score (nSPS) is 30.6. The third-order valence-corrected chi connectivity index (χ3v) is 5.20. The summed E-state index contributed by atoms with van der Waals surface area (Å²) in [5.74, 6) is 2.90.